The van der Waals surface area contributed by atoms with Crippen molar-refractivity contribution in [3.63, 3.8) is 0 Å². The number of rotatable bonds is 2. The molecule has 2 N–H and O–H groups in total. The zero-order chi connectivity index (χ0) is 14.2. The molecule has 3 atom stereocenters. The van der Waals surface area contributed by atoms with Crippen molar-refractivity contribution in [1.29, 1.82) is 0 Å². The first kappa shape index (κ1) is 14.7. The zero-order valence-electron chi connectivity index (χ0n) is 12.4. The third-order valence-electron chi connectivity index (χ3n) is 4.60. The summed E-state index contributed by atoms with van der Waals surface area (Å²) in [5.41, 5.74) is 8.91. The van der Waals surface area contributed by atoms with Gasteiger partial charge in [0.05, 0.1) is 16.0 Å². The van der Waals surface area contributed by atoms with E-state index in [1.165, 1.54) is 11.1 Å². The molecule has 106 valence electrons. The van der Waals surface area contributed by atoms with Gasteiger partial charge < -0.3 is 5.73 Å². The van der Waals surface area contributed by atoms with Crippen LogP contribution in [0.25, 0.3) is 0 Å². The fourth-order valence-electron chi connectivity index (χ4n) is 2.86. The Hall–Kier alpha value is -0.670. The Kier molecular flexibility index (Phi) is 4.17. The van der Waals surface area contributed by atoms with Crippen molar-refractivity contribution in [2.24, 2.45) is 11.1 Å². The number of aryl methyl sites for hydroxylation is 2. The Bertz CT molecular complexity index is 496. The molecule has 0 heterocycles. The Morgan fingerprint density at radius 3 is 2.58 bits per heavy atom. The average Bonchev–Trinajstić information content (AvgIpc) is 2.35. The molecule has 0 aliphatic heterocycles. The third-order valence-corrected chi connectivity index (χ3v) is 6.40. The summed E-state index contributed by atoms with van der Waals surface area (Å²) in [6.07, 6.45) is 3.24. The van der Waals surface area contributed by atoms with E-state index in [0.29, 0.717) is 0 Å². The summed E-state index contributed by atoms with van der Waals surface area (Å²) in [4.78, 5) is 0.932. The van der Waals surface area contributed by atoms with Gasteiger partial charge in [-0.25, -0.2) is 0 Å². The summed E-state index contributed by atoms with van der Waals surface area (Å²) < 4.78 is 12.8. The van der Waals surface area contributed by atoms with Gasteiger partial charge >= 0.3 is 0 Å². The smallest absolute Gasteiger partial charge is 0.0576 e. The van der Waals surface area contributed by atoms with Gasteiger partial charge in [-0.05, 0) is 55.4 Å². The van der Waals surface area contributed by atoms with E-state index in [4.69, 9.17) is 5.73 Å². The molecule has 3 heteroatoms. The lowest BCUT2D eigenvalue weighted by Crippen LogP contribution is -2.51. The highest BCUT2D eigenvalue weighted by Crippen LogP contribution is 2.37. The minimum absolute atomic E-state index is 0.0173. The third kappa shape index (κ3) is 2.92. The molecule has 0 aromatic heterocycles. The molecule has 1 aliphatic carbocycles. The van der Waals surface area contributed by atoms with E-state index in [-0.39, 0.29) is 16.7 Å². The first-order chi connectivity index (χ1) is 8.83. The van der Waals surface area contributed by atoms with Crippen molar-refractivity contribution >= 4 is 10.8 Å². The van der Waals surface area contributed by atoms with Gasteiger partial charge in [-0.1, -0.05) is 26.3 Å². The molecule has 1 saturated carbocycles. The SMILES string of the molecule is Cc1ccc(S(=O)C2CCCC(C)(C)C2N)cc1C. The van der Waals surface area contributed by atoms with Gasteiger partial charge in [0.25, 0.3) is 0 Å². The second-order valence-electron chi connectivity index (χ2n) is 6.49. The Morgan fingerprint density at radius 2 is 1.95 bits per heavy atom. The van der Waals surface area contributed by atoms with E-state index >= 15 is 0 Å². The van der Waals surface area contributed by atoms with Crippen LogP contribution in [0, 0.1) is 19.3 Å². The van der Waals surface area contributed by atoms with Crippen molar-refractivity contribution < 1.29 is 4.21 Å². The Morgan fingerprint density at radius 1 is 1.26 bits per heavy atom. The quantitative estimate of drug-likeness (QED) is 0.902. The van der Waals surface area contributed by atoms with E-state index in [9.17, 15) is 4.21 Å². The highest BCUT2D eigenvalue weighted by molar-refractivity contribution is 7.85. The first-order valence-electron chi connectivity index (χ1n) is 7.06. The molecule has 0 amide bonds. The minimum atomic E-state index is -0.990. The van der Waals surface area contributed by atoms with Gasteiger partial charge in [0.2, 0.25) is 0 Å². The lowest BCUT2D eigenvalue weighted by atomic mass is 9.73. The average molecular weight is 279 g/mol. The molecule has 2 nitrogen and oxygen atoms in total. The van der Waals surface area contributed by atoms with E-state index < -0.39 is 10.8 Å². The molecule has 0 bridgehead atoms. The van der Waals surface area contributed by atoms with Crippen molar-refractivity contribution in [1.82, 2.24) is 0 Å². The molecule has 0 radical (unpaired) electrons. The standard InChI is InChI=1S/C16H25NOS/c1-11-7-8-13(10-12(11)2)19(18)14-6-5-9-16(3,4)15(14)17/h7-8,10,14-15H,5-6,9,17H2,1-4H3. The van der Waals surface area contributed by atoms with Gasteiger partial charge in [-0.2, -0.15) is 0 Å². The molecule has 19 heavy (non-hydrogen) atoms. The monoisotopic (exact) mass is 279 g/mol. The van der Waals surface area contributed by atoms with E-state index in [0.717, 1.165) is 24.2 Å². The van der Waals surface area contributed by atoms with Crippen molar-refractivity contribution in [3.05, 3.63) is 29.3 Å². The molecule has 1 aromatic rings. The van der Waals surface area contributed by atoms with E-state index in [1.54, 1.807) is 0 Å². The van der Waals surface area contributed by atoms with E-state index in [2.05, 4.69) is 39.8 Å². The molecular weight excluding hydrogens is 254 g/mol. The van der Waals surface area contributed by atoms with Crippen LogP contribution in [0.15, 0.2) is 23.1 Å². The van der Waals surface area contributed by atoms with Crippen LogP contribution in [0.2, 0.25) is 0 Å². The van der Waals surface area contributed by atoms with Gasteiger partial charge in [0.15, 0.2) is 0 Å². The maximum Gasteiger partial charge on any atom is 0.0576 e. The largest absolute Gasteiger partial charge is 0.326 e. The molecule has 1 aromatic carbocycles. The second-order valence-corrected chi connectivity index (χ2v) is 8.16. The fourth-order valence-corrected chi connectivity index (χ4v) is 4.72. The van der Waals surface area contributed by atoms with Crippen LogP contribution >= 0.6 is 0 Å². The normalized spacial score (nSPS) is 28.1. The van der Waals surface area contributed by atoms with Crippen LogP contribution in [0.1, 0.15) is 44.2 Å². The van der Waals surface area contributed by atoms with Crippen LogP contribution < -0.4 is 5.73 Å². The topological polar surface area (TPSA) is 43.1 Å². The molecule has 2 rings (SSSR count). The molecule has 1 aliphatic rings. The van der Waals surface area contributed by atoms with Crippen LogP contribution in [0.5, 0.6) is 0 Å². The van der Waals surface area contributed by atoms with Crippen molar-refractivity contribution in [2.45, 2.75) is 63.1 Å². The molecule has 0 saturated heterocycles. The summed E-state index contributed by atoms with van der Waals surface area (Å²) in [7, 11) is -0.990. The van der Waals surface area contributed by atoms with Crippen LogP contribution in [-0.2, 0) is 10.8 Å². The summed E-state index contributed by atoms with van der Waals surface area (Å²) in [6.45, 7) is 8.54. The molecule has 0 spiro atoms. The second kappa shape index (κ2) is 5.37. The summed E-state index contributed by atoms with van der Waals surface area (Å²) in [6, 6.07) is 6.12. The van der Waals surface area contributed by atoms with Crippen LogP contribution in [-0.4, -0.2) is 15.5 Å². The van der Waals surface area contributed by atoms with Gasteiger partial charge in [0.1, 0.15) is 0 Å². The summed E-state index contributed by atoms with van der Waals surface area (Å²) in [5.74, 6) is 0. The van der Waals surface area contributed by atoms with E-state index in [1.807, 2.05) is 6.07 Å². The molecule has 3 unspecified atom stereocenters. The fraction of sp³-hybridized carbons (Fsp3) is 0.625. The van der Waals surface area contributed by atoms with Gasteiger partial charge in [-0.15, -0.1) is 0 Å². The lowest BCUT2D eigenvalue weighted by Gasteiger charge is -2.41. The van der Waals surface area contributed by atoms with Crippen molar-refractivity contribution in [2.75, 3.05) is 0 Å². The Labute approximate surface area is 119 Å². The number of hydrogen-bond donors (Lipinski definition) is 1. The molecule has 1 fully saturated rings. The summed E-state index contributed by atoms with van der Waals surface area (Å²) in [5, 5.41) is 0.0888. The lowest BCUT2D eigenvalue weighted by molar-refractivity contribution is 0.206. The number of hydrogen-bond acceptors (Lipinski definition) is 2. The maximum atomic E-state index is 12.8. The van der Waals surface area contributed by atoms with Gasteiger partial charge in [0, 0.05) is 10.9 Å². The zero-order valence-corrected chi connectivity index (χ0v) is 13.2. The first-order valence-corrected chi connectivity index (χ1v) is 8.27. The van der Waals surface area contributed by atoms with Crippen LogP contribution in [0.4, 0.5) is 0 Å². The number of benzene rings is 1. The highest BCUT2D eigenvalue weighted by atomic mass is 32.2. The predicted molar refractivity (Wildman–Crippen MR) is 81.7 cm³/mol. The highest BCUT2D eigenvalue weighted by Gasteiger charge is 2.39. The summed E-state index contributed by atoms with van der Waals surface area (Å²) >= 11 is 0. The van der Waals surface area contributed by atoms with Gasteiger partial charge in [-0.3, -0.25) is 4.21 Å². The maximum absolute atomic E-state index is 12.8. The number of nitrogens with two attached hydrogens (primary N) is 1. The predicted octanol–water partition coefficient (Wildman–Crippen LogP) is 3.32. The minimum Gasteiger partial charge on any atom is -0.326 e. The van der Waals surface area contributed by atoms with Crippen molar-refractivity contribution in [3.8, 4) is 0 Å². The Balaban J connectivity index is 2.26. The van der Waals surface area contributed by atoms with Crippen LogP contribution in [0.3, 0.4) is 0 Å². The molecular formula is C16H25NOS.